The molecule has 1 saturated carbocycles. The second-order valence-corrected chi connectivity index (χ2v) is 7.20. The maximum atomic E-state index is 2.51. The molecule has 2 aliphatic carbocycles. The summed E-state index contributed by atoms with van der Waals surface area (Å²) >= 11 is 0. The smallest absolute Gasteiger partial charge is 0.00550 e. The Balaban J connectivity index is 1.78. The third-order valence-corrected chi connectivity index (χ3v) is 5.72. The molecule has 0 bridgehead atoms. The van der Waals surface area contributed by atoms with Gasteiger partial charge in [0.2, 0.25) is 0 Å². The molecule has 0 aromatic heterocycles. The van der Waals surface area contributed by atoms with Crippen molar-refractivity contribution in [3.8, 4) is 0 Å². The predicted molar refractivity (Wildman–Crippen MR) is 83.0 cm³/mol. The van der Waals surface area contributed by atoms with Gasteiger partial charge in [0.05, 0.1) is 0 Å². The quantitative estimate of drug-likeness (QED) is 0.655. The van der Waals surface area contributed by atoms with Crippen molar-refractivity contribution in [3.05, 3.63) is 41.0 Å². The van der Waals surface area contributed by atoms with E-state index >= 15 is 0 Å². The highest BCUT2D eigenvalue weighted by atomic mass is 14.4. The maximum absolute atomic E-state index is 2.51. The summed E-state index contributed by atoms with van der Waals surface area (Å²) in [6.45, 7) is 7.31. The summed E-state index contributed by atoms with van der Waals surface area (Å²) < 4.78 is 0. The van der Waals surface area contributed by atoms with E-state index in [4.69, 9.17) is 0 Å². The maximum Gasteiger partial charge on any atom is -0.00550 e. The molecule has 0 spiro atoms. The standard InChI is InChI=1S/C19H26/c1-14(2)19(3)10-6-9-17(13-19)18-11-15-7-4-5-8-16(15)12-18/h4-5,7-8,11,14,17H,6,9-10,12-13H2,1-3H3. The van der Waals surface area contributed by atoms with Crippen LogP contribution in [0.3, 0.4) is 0 Å². The second-order valence-electron chi connectivity index (χ2n) is 7.20. The summed E-state index contributed by atoms with van der Waals surface area (Å²) in [6.07, 6.45) is 9.31. The fraction of sp³-hybridized carbons (Fsp3) is 0.579. The van der Waals surface area contributed by atoms with E-state index in [9.17, 15) is 0 Å². The average Bonchev–Trinajstić information content (AvgIpc) is 2.82. The molecule has 0 heteroatoms. The van der Waals surface area contributed by atoms with Gasteiger partial charge in [0.1, 0.15) is 0 Å². The Kier molecular flexibility index (Phi) is 3.28. The second kappa shape index (κ2) is 4.81. The number of rotatable bonds is 2. The highest BCUT2D eigenvalue weighted by Gasteiger charge is 2.36. The van der Waals surface area contributed by atoms with Crippen molar-refractivity contribution < 1.29 is 0 Å². The van der Waals surface area contributed by atoms with Crippen molar-refractivity contribution in [2.75, 3.05) is 0 Å². The van der Waals surface area contributed by atoms with Gasteiger partial charge in [-0.15, -0.1) is 0 Å². The molecular formula is C19H26. The lowest BCUT2D eigenvalue weighted by Gasteiger charge is -2.42. The Labute approximate surface area is 117 Å². The molecule has 0 N–H and O–H groups in total. The van der Waals surface area contributed by atoms with E-state index in [-0.39, 0.29) is 0 Å². The summed E-state index contributed by atoms with van der Waals surface area (Å²) in [6, 6.07) is 8.90. The molecular weight excluding hydrogens is 228 g/mol. The molecule has 0 amide bonds. The van der Waals surface area contributed by atoms with Gasteiger partial charge < -0.3 is 0 Å². The van der Waals surface area contributed by atoms with Gasteiger partial charge >= 0.3 is 0 Å². The molecule has 1 aromatic carbocycles. The largest absolute Gasteiger partial charge is 0.0623 e. The van der Waals surface area contributed by atoms with E-state index in [0.717, 1.165) is 11.8 Å². The van der Waals surface area contributed by atoms with Gasteiger partial charge in [0.15, 0.2) is 0 Å². The van der Waals surface area contributed by atoms with Crippen LogP contribution in [0.1, 0.15) is 57.6 Å². The molecule has 3 rings (SSSR count). The number of hydrogen-bond acceptors (Lipinski definition) is 0. The zero-order chi connectivity index (χ0) is 13.5. The van der Waals surface area contributed by atoms with E-state index in [0.29, 0.717) is 5.41 Å². The number of hydrogen-bond donors (Lipinski definition) is 0. The minimum Gasteiger partial charge on any atom is -0.0623 e. The van der Waals surface area contributed by atoms with E-state index < -0.39 is 0 Å². The van der Waals surface area contributed by atoms with Crippen LogP contribution in [0.25, 0.3) is 6.08 Å². The van der Waals surface area contributed by atoms with E-state index in [1.165, 1.54) is 43.2 Å². The van der Waals surface area contributed by atoms with Gasteiger partial charge in [-0.25, -0.2) is 0 Å². The van der Waals surface area contributed by atoms with Crippen molar-refractivity contribution in [1.29, 1.82) is 0 Å². The van der Waals surface area contributed by atoms with Crippen LogP contribution in [0.5, 0.6) is 0 Å². The van der Waals surface area contributed by atoms with E-state index in [1.54, 1.807) is 5.57 Å². The monoisotopic (exact) mass is 254 g/mol. The summed E-state index contributed by atoms with van der Waals surface area (Å²) in [5.74, 6) is 1.63. The van der Waals surface area contributed by atoms with Crippen LogP contribution in [0, 0.1) is 17.3 Å². The Hall–Kier alpha value is -1.04. The molecule has 102 valence electrons. The molecule has 2 unspecified atom stereocenters. The minimum atomic E-state index is 0.554. The molecule has 1 fully saturated rings. The fourth-order valence-electron chi connectivity index (χ4n) is 3.93. The van der Waals surface area contributed by atoms with Gasteiger partial charge in [-0.3, -0.25) is 0 Å². The third kappa shape index (κ3) is 2.38. The average molecular weight is 254 g/mol. The summed E-state index contributed by atoms with van der Waals surface area (Å²) in [7, 11) is 0. The number of allylic oxidation sites excluding steroid dienone is 1. The van der Waals surface area contributed by atoms with Crippen LogP contribution in [0.15, 0.2) is 29.8 Å². The lowest BCUT2D eigenvalue weighted by molar-refractivity contribution is 0.114. The zero-order valence-electron chi connectivity index (χ0n) is 12.6. The molecule has 1 aromatic rings. The van der Waals surface area contributed by atoms with Gasteiger partial charge in [0.25, 0.3) is 0 Å². The SMILES string of the molecule is CC(C)C1(C)CCCC(C2=Cc3ccccc3C2)C1. The Bertz CT molecular complexity index is 495. The summed E-state index contributed by atoms with van der Waals surface area (Å²) in [4.78, 5) is 0. The van der Waals surface area contributed by atoms with E-state index in [1.807, 2.05) is 0 Å². The first kappa shape index (κ1) is 13.0. The number of benzene rings is 1. The van der Waals surface area contributed by atoms with Crippen LogP contribution in [0.2, 0.25) is 0 Å². The lowest BCUT2D eigenvalue weighted by Crippen LogP contribution is -2.31. The van der Waals surface area contributed by atoms with Crippen molar-refractivity contribution in [2.45, 2.75) is 52.9 Å². The Morgan fingerprint density at radius 3 is 2.74 bits per heavy atom. The zero-order valence-corrected chi connectivity index (χ0v) is 12.6. The van der Waals surface area contributed by atoms with Crippen LogP contribution in [-0.4, -0.2) is 0 Å². The molecule has 2 atom stereocenters. The van der Waals surface area contributed by atoms with Crippen LogP contribution in [0.4, 0.5) is 0 Å². The van der Waals surface area contributed by atoms with Gasteiger partial charge in [-0.2, -0.15) is 0 Å². The first-order valence-corrected chi connectivity index (χ1v) is 7.87. The Morgan fingerprint density at radius 1 is 1.21 bits per heavy atom. The van der Waals surface area contributed by atoms with Gasteiger partial charge in [-0.05, 0) is 54.1 Å². The molecule has 0 nitrogen and oxygen atoms in total. The van der Waals surface area contributed by atoms with Crippen molar-refractivity contribution in [1.82, 2.24) is 0 Å². The highest BCUT2D eigenvalue weighted by molar-refractivity contribution is 5.64. The van der Waals surface area contributed by atoms with Crippen molar-refractivity contribution >= 4 is 6.08 Å². The summed E-state index contributed by atoms with van der Waals surface area (Å²) in [5.41, 5.74) is 5.26. The Morgan fingerprint density at radius 2 is 2.00 bits per heavy atom. The molecule has 0 aliphatic heterocycles. The normalized spacial score (nSPS) is 30.3. The van der Waals surface area contributed by atoms with Gasteiger partial charge in [-0.1, -0.05) is 63.1 Å². The van der Waals surface area contributed by atoms with E-state index in [2.05, 4.69) is 51.1 Å². The van der Waals surface area contributed by atoms with Gasteiger partial charge in [0, 0.05) is 0 Å². The molecule has 19 heavy (non-hydrogen) atoms. The van der Waals surface area contributed by atoms with Crippen LogP contribution < -0.4 is 0 Å². The predicted octanol–water partition coefficient (Wildman–Crippen LogP) is 5.48. The fourth-order valence-corrected chi connectivity index (χ4v) is 3.93. The van der Waals surface area contributed by atoms with Crippen molar-refractivity contribution in [2.24, 2.45) is 17.3 Å². The molecule has 2 aliphatic rings. The first-order valence-electron chi connectivity index (χ1n) is 7.87. The minimum absolute atomic E-state index is 0.554. The molecule has 0 saturated heterocycles. The summed E-state index contributed by atoms with van der Waals surface area (Å²) in [5, 5.41) is 0. The number of fused-ring (bicyclic) bond motifs is 1. The molecule has 0 heterocycles. The van der Waals surface area contributed by atoms with Crippen LogP contribution in [-0.2, 0) is 6.42 Å². The lowest BCUT2D eigenvalue weighted by atomic mass is 9.63. The first-order chi connectivity index (χ1) is 9.08. The topological polar surface area (TPSA) is 0 Å². The van der Waals surface area contributed by atoms with Crippen LogP contribution >= 0.6 is 0 Å². The third-order valence-electron chi connectivity index (χ3n) is 5.72. The van der Waals surface area contributed by atoms with Crippen molar-refractivity contribution in [3.63, 3.8) is 0 Å². The molecule has 0 radical (unpaired) electrons. The highest BCUT2D eigenvalue weighted by Crippen LogP contribution is 2.48.